The van der Waals surface area contributed by atoms with Gasteiger partial charge < -0.3 is 5.32 Å². The molecule has 0 aliphatic rings. The Morgan fingerprint density at radius 3 is 2.93 bits per heavy atom. The molecule has 3 nitrogen and oxygen atoms in total. The molecule has 0 fully saturated rings. The molecule has 0 saturated carbocycles. The number of rotatable bonds is 4. The number of hydrogen-bond donors (Lipinski definition) is 1. The van der Waals surface area contributed by atoms with Crippen molar-refractivity contribution in [3.05, 3.63) is 24.3 Å². The van der Waals surface area contributed by atoms with Gasteiger partial charge in [0.25, 0.3) is 0 Å². The van der Waals surface area contributed by atoms with E-state index in [2.05, 4.69) is 10.3 Å². The van der Waals surface area contributed by atoms with E-state index in [1.807, 2.05) is 0 Å². The number of amides is 1. The average molecular weight is 217 g/mol. The van der Waals surface area contributed by atoms with Gasteiger partial charge in [0, 0.05) is 12.3 Å². The van der Waals surface area contributed by atoms with Crippen molar-refractivity contribution >= 4 is 23.2 Å². The summed E-state index contributed by atoms with van der Waals surface area (Å²) in [5, 5.41) is 2.58. The van der Waals surface area contributed by atoms with Gasteiger partial charge in [-0.05, 0) is 18.6 Å². The Balaban J connectivity index is 2.44. The Kier molecular flexibility index (Phi) is 4.32. The van der Waals surface area contributed by atoms with Crippen molar-refractivity contribution in [2.75, 3.05) is 11.2 Å². The first-order valence-electron chi connectivity index (χ1n) is 4.20. The second-order valence-corrected chi connectivity index (χ2v) is 3.09. The summed E-state index contributed by atoms with van der Waals surface area (Å²) in [6.45, 7) is 0. The van der Waals surface area contributed by atoms with Crippen molar-refractivity contribution in [1.29, 1.82) is 0 Å². The third-order valence-electron chi connectivity index (χ3n) is 1.55. The summed E-state index contributed by atoms with van der Waals surface area (Å²) in [5.74, 6) is -0.252. The molecule has 0 spiro atoms. The van der Waals surface area contributed by atoms with Crippen LogP contribution in [0.3, 0.4) is 0 Å². The SMILES string of the molecule is O=C(CCCCl)Nc1ccc(F)nc1. The van der Waals surface area contributed by atoms with Crippen molar-refractivity contribution < 1.29 is 9.18 Å². The lowest BCUT2D eigenvalue weighted by molar-refractivity contribution is -0.116. The smallest absolute Gasteiger partial charge is 0.224 e. The molecular formula is C9H10ClFN2O. The molecule has 1 aromatic heterocycles. The molecule has 0 aromatic carbocycles. The van der Waals surface area contributed by atoms with E-state index in [1.165, 1.54) is 18.3 Å². The Morgan fingerprint density at radius 1 is 1.57 bits per heavy atom. The third-order valence-corrected chi connectivity index (χ3v) is 1.82. The van der Waals surface area contributed by atoms with Gasteiger partial charge in [-0.25, -0.2) is 4.98 Å². The third kappa shape index (κ3) is 3.70. The summed E-state index contributed by atoms with van der Waals surface area (Å²) >= 11 is 5.43. The van der Waals surface area contributed by atoms with Crippen molar-refractivity contribution in [1.82, 2.24) is 4.98 Å². The molecule has 1 aromatic rings. The first-order valence-corrected chi connectivity index (χ1v) is 4.73. The van der Waals surface area contributed by atoms with Gasteiger partial charge in [-0.3, -0.25) is 4.79 Å². The number of anilines is 1. The van der Waals surface area contributed by atoms with Crippen molar-refractivity contribution in [3.8, 4) is 0 Å². The molecule has 0 atom stereocenters. The first-order chi connectivity index (χ1) is 6.72. The highest BCUT2D eigenvalue weighted by molar-refractivity contribution is 6.18. The summed E-state index contributed by atoms with van der Waals surface area (Å²) in [5.41, 5.74) is 0.492. The van der Waals surface area contributed by atoms with E-state index >= 15 is 0 Å². The fourth-order valence-electron chi connectivity index (χ4n) is 0.901. The van der Waals surface area contributed by atoms with Crippen LogP contribution in [0.2, 0.25) is 0 Å². The van der Waals surface area contributed by atoms with Crippen molar-refractivity contribution in [3.63, 3.8) is 0 Å². The normalized spacial score (nSPS) is 9.86. The summed E-state index contributed by atoms with van der Waals surface area (Å²) in [4.78, 5) is 14.6. The highest BCUT2D eigenvalue weighted by Gasteiger charge is 2.01. The molecule has 0 unspecified atom stereocenters. The fourth-order valence-corrected chi connectivity index (χ4v) is 1.03. The average Bonchev–Trinajstić information content (AvgIpc) is 2.18. The second kappa shape index (κ2) is 5.54. The maximum Gasteiger partial charge on any atom is 0.224 e. The molecule has 5 heteroatoms. The molecule has 76 valence electrons. The van der Waals surface area contributed by atoms with E-state index in [0.717, 1.165) is 0 Å². The largest absolute Gasteiger partial charge is 0.325 e. The molecule has 0 saturated heterocycles. The van der Waals surface area contributed by atoms with Crippen LogP contribution < -0.4 is 5.32 Å². The Hall–Kier alpha value is -1.16. The maximum atomic E-state index is 12.4. The number of nitrogens with zero attached hydrogens (tertiary/aromatic N) is 1. The van der Waals surface area contributed by atoms with Crippen molar-refractivity contribution in [2.24, 2.45) is 0 Å². The van der Waals surface area contributed by atoms with Crippen LogP contribution in [0.4, 0.5) is 10.1 Å². The van der Waals surface area contributed by atoms with Crippen LogP contribution in [0.5, 0.6) is 0 Å². The number of nitrogens with one attached hydrogen (secondary N) is 1. The summed E-state index contributed by atoms with van der Waals surface area (Å²) in [7, 11) is 0. The maximum absolute atomic E-state index is 12.4. The Labute approximate surface area is 86.3 Å². The van der Waals surface area contributed by atoms with E-state index in [0.29, 0.717) is 24.4 Å². The van der Waals surface area contributed by atoms with Crippen LogP contribution in [0.1, 0.15) is 12.8 Å². The lowest BCUT2D eigenvalue weighted by Crippen LogP contribution is -2.11. The summed E-state index contributed by atoms with van der Waals surface area (Å²) in [6.07, 6.45) is 2.26. The predicted octanol–water partition coefficient (Wildman–Crippen LogP) is 2.18. The fraction of sp³-hybridized carbons (Fsp3) is 0.333. The van der Waals surface area contributed by atoms with Gasteiger partial charge in [-0.2, -0.15) is 4.39 Å². The molecule has 0 radical (unpaired) electrons. The minimum Gasteiger partial charge on any atom is -0.325 e. The zero-order valence-corrected chi connectivity index (χ0v) is 8.22. The molecule has 0 aliphatic carbocycles. The standard InChI is InChI=1S/C9H10ClFN2O/c10-5-1-2-9(14)13-7-3-4-8(11)12-6-7/h3-4,6H,1-2,5H2,(H,13,14). The number of pyridine rings is 1. The van der Waals surface area contributed by atoms with Crippen LogP contribution >= 0.6 is 11.6 Å². The lowest BCUT2D eigenvalue weighted by Gasteiger charge is -2.02. The van der Waals surface area contributed by atoms with Gasteiger partial charge in [-0.1, -0.05) is 0 Å². The minimum absolute atomic E-state index is 0.140. The lowest BCUT2D eigenvalue weighted by atomic mass is 10.3. The molecular weight excluding hydrogens is 207 g/mol. The molecule has 0 bridgehead atoms. The van der Waals surface area contributed by atoms with Gasteiger partial charge in [0.05, 0.1) is 11.9 Å². The minimum atomic E-state index is -0.566. The number of carbonyl (C=O) groups excluding carboxylic acids is 1. The van der Waals surface area contributed by atoms with Crippen LogP contribution in [0.25, 0.3) is 0 Å². The zero-order valence-electron chi connectivity index (χ0n) is 7.46. The molecule has 1 N–H and O–H groups in total. The Bertz CT molecular complexity index is 302. The number of halogens is 2. The molecule has 1 rings (SSSR count). The molecule has 0 aliphatic heterocycles. The van der Waals surface area contributed by atoms with Crippen LogP contribution in [-0.2, 0) is 4.79 Å². The quantitative estimate of drug-likeness (QED) is 0.619. The topological polar surface area (TPSA) is 42.0 Å². The molecule has 14 heavy (non-hydrogen) atoms. The number of hydrogen-bond acceptors (Lipinski definition) is 2. The number of aromatic nitrogens is 1. The number of carbonyl (C=O) groups is 1. The second-order valence-electron chi connectivity index (χ2n) is 2.71. The van der Waals surface area contributed by atoms with E-state index in [1.54, 1.807) is 0 Å². The highest BCUT2D eigenvalue weighted by atomic mass is 35.5. The molecule has 1 heterocycles. The van der Waals surface area contributed by atoms with Crippen molar-refractivity contribution in [2.45, 2.75) is 12.8 Å². The van der Waals surface area contributed by atoms with E-state index in [-0.39, 0.29) is 5.91 Å². The highest BCUT2D eigenvalue weighted by Crippen LogP contribution is 2.06. The van der Waals surface area contributed by atoms with Crippen LogP contribution in [-0.4, -0.2) is 16.8 Å². The van der Waals surface area contributed by atoms with Crippen LogP contribution in [0.15, 0.2) is 18.3 Å². The van der Waals surface area contributed by atoms with E-state index in [9.17, 15) is 9.18 Å². The van der Waals surface area contributed by atoms with Gasteiger partial charge >= 0.3 is 0 Å². The van der Waals surface area contributed by atoms with E-state index in [4.69, 9.17) is 11.6 Å². The van der Waals surface area contributed by atoms with E-state index < -0.39 is 5.95 Å². The first kappa shape index (κ1) is 10.9. The van der Waals surface area contributed by atoms with Gasteiger partial charge in [0.1, 0.15) is 0 Å². The monoisotopic (exact) mass is 216 g/mol. The summed E-state index contributed by atoms with van der Waals surface area (Å²) < 4.78 is 12.4. The van der Waals surface area contributed by atoms with Crippen LogP contribution in [0, 0.1) is 5.95 Å². The predicted molar refractivity (Wildman–Crippen MR) is 52.8 cm³/mol. The Morgan fingerprint density at radius 2 is 2.36 bits per heavy atom. The van der Waals surface area contributed by atoms with Gasteiger partial charge in [0.2, 0.25) is 11.9 Å². The zero-order chi connectivity index (χ0) is 10.4. The summed E-state index contributed by atoms with van der Waals surface area (Å²) in [6, 6.07) is 2.65. The van der Waals surface area contributed by atoms with Gasteiger partial charge in [0.15, 0.2) is 0 Å². The number of alkyl halides is 1. The molecule has 1 amide bonds. The van der Waals surface area contributed by atoms with Gasteiger partial charge in [-0.15, -0.1) is 11.6 Å².